The lowest BCUT2D eigenvalue weighted by Gasteiger charge is -2.46. The Labute approximate surface area is 140 Å². The fourth-order valence-corrected chi connectivity index (χ4v) is 3.85. The van der Waals surface area contributed by atoms with Crippen molar-refractivity contribution in [2.75, 3.05) is 14.2 Å². The molecule has 7 heteroatoms. The van der Waals surface area contributed by atoms with Crippen LogP contribution in [-0.2, 0) is 14.9 Å². The van der Waals surface area contributed by atoms with Crippen LogP contribution in [0.15, 0.2) is 53.4 Å². The maximum absolute atomic E-state index is 12.4. The van der Waals surface area contributed by atoms with E-state index in [1.165, 1.54) is 18.2 Å². The minimum Gasteiger partial charge on any atom is -0.744 e. The van der Waals surface area contributed by atoms with E-state index < -0.39 is 16.0 Å². The van der Waals surface area contributed by atoms with E-state index in [1.54, 1.807) is 37.3 Å². The van der Waals surface area contributed by atoms with Crippen molar-refractivity contribution in [3.63, 3.8) is 0 Å². The van der Waals surface area contributed by atoms with Crippen molar-refractivity contribution in [1.82, 2.24) is 4.90 Å². The fourth-order valence-electron chi connectivity index (χ4n) is 3.12. The van der Waals surface area contributed by atoms with E-state index in [1.807, 2.05) is 12.1 Å². The molecule has 0 aromatic heterocycles. The lowest BCUT2D eigenvalue weighted by Crippen LogP contribution is -2.51. The minimum absolute atomic E-state index is 0.216. The quantitative estimate of drug-likeness (QED) is 0.623. The number of ether oxygens (including phenoxy) is 1. The van der Waals surface area contributed by atoms with Crippen LogP contribution < -0.4 is 4.74 Å². The van der Waals surface area contributed by atoms with Gasteiger partial charge in [-0.15, -0.1) is 0 Å². The maximum atomic E-state index is 12.4. The predicted octanol–water partition coefficient (Wildman–Crippen LogP) is 1.90. The molecule has 1 amide bonds. The van der Waals surface area contributed by atoms with Crippen molar-refractivity contribution < 1.29 is 22.5 Å². The van der Waals surface area contributed by atoms with Gasteiger partial charge >= 0.3 is 0 Å². The zero-order chi connectivity index (χ0) is 17.5. The molecule has 126 valence electrons. The average molecular weight is 346 g/mol. The van der Waals surface area contributed by atoms with Gasteiger partial charge in [-0.05, 0) is 29.3 Å². The number of hydrogen-bond acceptors (Lipinski definition) is 5. The topological polar surface area (TPSA) is 86.7 Å². The number of carbonyl (C=O) groups is 1. The molecular formula is C17H16NO5S-. The van der Waals surface area contributed by atoms with Crippen LogP contribution in [-0.4, -0.2) is 37.9 Å². The number of rotatable bonds is 4. The smallest absolute Gasteiger partial charge is 0.232 e. The largest absolute Gasteiger partial charge is 0.744 e. The summed E-state index contributed by atoms with van der Waals surface area (Å²) >= 11 is 0. The van der Waals surface area contributed by atoms with Gasteiger partial charge in [-0.25, -0.2) is 8.42 Å². The highest BCUT2D eigenvalue weighted by Crippen LogP contribution is 2.47. The van der Waals surface area contributed by atoms with Gasteiger partial charge in [-0.2, -0.15) is 0 Å². The van der Waals surface area contributed by atoms with Crippen molar-refractivity contribution in [2.45, 2.75) is 16.9 Å². The fraction of sp³-hybridized carbons (Fsp3) is 0.235. The summed E-state index contributed by atoms with van der Waals surface area (Å²) in [5.74, 6) is -0.221. The molecule has 0 aliphatic carbocycles. The van der Waals surface area contributed by atoms with Gasteiger partial charge in [0, 0.05) is 7.05 Å². The first-order valence-electron chi connectivity index (χ1n) is 7.30. The van der Waals surface area contributed by atoms with Crippen LogP contribution in [0.1, 0.15) is 23.1 Å². The van der Waals surface area contributed by atoms with E-state index in [-0.39, 0.29) is 22.4 Å². The molecule has 0 N–H and O–H groups in total. The van der Waals surface area contributed by atoms with Gasteiger partial charge in [0.2, 0.25) is 5.91 Å². The second-order valence-electron chi connectivity index (χ2n) is 5.64. The summed E-state index contributed by atoms with van der Waals surface area (Å²) in [4.78, 5) is 13.6. The third-order valence-corrected chi connectivity index (χ3v) is 5.24. The molecule has 0 bridgehead atoms. The molecule has 6 nitrogen and oxygen atoms in total. The number of likely N-dealkylation sites (N-methyl/N-ethyl adjacent to an activating group) is 1. The third-order valence-electron chi connectivity index (χ3n) is 4.33. The van der Waals surface area contributed by atoms with E-state index in [0.717, 1.165) is 5.56 Å². The maximum Gasteiger partial charge on any atom is 0.232 e. The second kappa shape index (κ2) is 5.92. The summed E-state index contributed by atoms with van der Waals surface area (Å²) in [5.41, 5.74) is 1.09. The van der Waals surface area contributed by atoms with Crippen molar-refractivity contribution in [3.05, 3.63) is 59.7 Å². The Kier molecular flexibility index (Phi) is 4.06. The number of amides is 1. The number of nitrogens with zero attached hydrogens (tertiary/aromatic N) is 1. The summed E-state index contributed by atoms with van der Waals surface area (Å²) in [7, 11) is -1.44. The molecule has 1 saturated heterocycles. The van der Waals surface area contributed by atoms with Gasteiger partial charge in [0.25, 0.3) is 0 Å². The predicted molar refractivity (Wildman–Crippen MR) is 85.7 cm³/mol. The Morgan fingerprint density at radius 1 is 1.08 bits per heavy atom. The number of β-lactam (4-membered cyclic amide) rings is 1. The standard InChI is InChI=1S/C17H17NO5S/c1-18-16(11-7-9-12(23-2)10-8-11)15(17(18)19)13-5-3-4-6-14(13)24(20,21)22/h3-10,15-16H,1-2H3,(H,20,21,22)/p-1. The van der Waals surface area contributed by atoms with Crippen LogP contribution >= 0.6 is 0 Å². The molecule has 1 heterocycles. The van der Waals surface area contributed by atoms with Gasteiger partial charge in [-0.1, -0.05) is 30.3 Å². The molecule has 2 unspecified atom stereocenters. The molecule has 0 saturated carbocycles. The Morgan fingerprint density at radius 3 is 2.29 bits per heavy atom. The molecular weight excluding hydrogens is 330 g/mol. The highest BCUT2D eigenvalue weighted by atomic mass is 32.2. The Bertz CT molecular complexity index is 876. The Balaban J connectivity index is 2.05. The first kappa shape index (κ1) is 16.5. The van der Waals surface area contributed by atoms with Crippen LogP contribution in [0.3, 0.4) is 0 Å². The van der Waals surface area contributed by atoms with Gasteiger partial charge in [0.05, 0.1) is 24.0 Å². The van der Waals surface area contributed by atoms with E-state index in [9.17, 15) is 17.8 Å². The first-order valence-corrected chi connectivity index (χ1v) is 8.71. The second-order valence-corrected chi connectivity index (χ2v) is 6.98. The molecule has 2 aromatic rings. The highest BCUT2D eigenvalue weighted by Gasteiger charge is 2.47. The van der Waals surface area contributed by atoms with Crippen LogP contribution in [0.2, 0.25) is 0 Å². The first-order chi connectivity index (χ1) is 11.3. The third kappa shape index (κ3) is 2.65. The SMILES string of the molecule is COc1ccc(C2C(c3ccccc3S(=O)(=O)[O-])C(=O)N2C)cc1. The van der Waals surface area contributed by atoms with Crippen molar-refractivity contribution in [2.24, 2.45) is 0 Å². The monoisotopic (exact) mass is 346 g/mol. The van der Waals surface area contributed by atoms with Crippen LogP contribution in [0.25, 0.3) is 0 Å². The van der Waals surface area contributed by atoms with Gasteiger partial charge in [-0.3, -0.25) is 4.79 Å². The molecule has 3 rings (SSSR count). The van der Waals surface area contributed by atoms with E-state index in [2.05, 4.69) is 0 Å². The average Bonchev–Trinajstić information content (AvgIpc) is 2.58. The summed E-state index contributed by atoms with van der Waals surface area (Å²) in [6.07, 6.45) is 0. The van der Waals surface area contributed by atoms with Gasteiger partial charge < -0.3 is 14.2 Å². The van der Waals surface area contributed by atoms with Crippen LogP contribution in [0.4, 0.5) is 0 Å². The van der Waals surface area contributed by atoms with E-state index in [0.29, 0.717) is 5.75 Å². The summed E-state index contributed by atoms with van der Waals surface area (Å²) < 4.78 is 39.7. The van der Waals surface area contributed by atoms with Crippen molar-refractivity contribution in [1.29, 1.82) is 0 Å². The number of hydrogen-bond donors (Lipinski definition) is 0. The molecule has 2 atom stereocenters. The van der Waals surface area contributed by atoms with E-state index >= 15 is 0 Å². The molecule has 1 fully saturated rings. The lowest BCUT2D eigenvalue weighted by atomic mass is 9.78. The summed E-state index contributed by atoms with van der Waals surface area (Å²) in [6.45, 7) is 0. The normalized spacial score (nSPS) is 20.6. The highest BCUT2D eigenvalue weighted by molar-refractivity contribution is 7.85. The molecule has 1 aliphatic rings. The van der Waals surface area contributed by atoms with Crippen molar-refractivity contribution in [3.8, 4) is 5.75 Å². The molecule has 2 aromatic carbocycles. The van der Waals surface area contributed by atoms with Gasteiger partial charge in [0.1, 0.15) is 15.9 Å². The number of benzene rings is 2. The molecule has 0 radical (unpaired) electrons. The zero-order valence-electron chi connectivity index (χ0n) is 13.2. The van der Waals surface area contributed by atoms with Crippen LogP contribution in [0, 0.1) is 0 Å². The van der Waals surface area contributed by atoms with Gasteiger partial charge in [0.15, 0.2) is 0 Å². The summed E-state index contributed by atoms with van der Waals surface area (Å²) in [5, 5.41) is 0. The number of methoxy groups -OCH3 is 1. The zero-order valence-corrected chi connectivity index (χ0v) is 14.0. The molecule has 0 spiro atoms. The number of likely N-dealkylation sites (tertiary alicyclic amines) is 1. The molecule has 1 aliphatic heterocycles. The Hall–Kier alpha value is -2.38. The number of carbonyl (C=O) groups excluding carboxylic acids is 1. The molecule has 24 heavy (non-hydrogen) atoms. The summed E-state index contributed by atoms with van der Waals surface area (Å²) in [6, 6.07) is 12.8. The lowest BCUT2D eigenvalue weighted by molar-refractivity contribution is -0.147. The van der Waals surface area contributed by atoms with Crippen LogP contribution in [0.5, 0.6) is 5.75 Å². The minimum atomic E-state index is -4.65. The van der Waals surface area contributed by atoms with Crippen molar-refractivity contribution >= 4 is 16.0 Å². The van der Waals surface area contributed by atoms with E-state index in [4.69, 9.17) is 4.74 Å². The Morgan fingerprint density at radius 2 is 1.71 bits per heavy atom.